The third-order valence-corrected chi connectivity index (χ3v) is 4.17. The number of methoxy groups -OCH3 is 1. The molecule has 0 unspecified atom stereocenters. The van der Waals surface area contributed by atoms with E-state index in [0.717, 1.165) is 11.1 Å². The van der Waals surface area contributed by atoms with E-state index in [-0.39, 0.29) is 24.8 Å². The number of carbonyl (C=O) groups is 2. The zero-order valence-electron chi connectivity index (χ0n) is 14.6. The van der Waals surface area contributed by atoms with Gasteiger partial charge < -0.3 is 9.64 Å². The molecule has 0 fully saturated rings. The van der Waals surface area contributed by atoms with Gasteiger partial charge in [0.15, 0.2) is 10.6 Å². The van der Waals surface area contributed by atoms with Crippen molar-refractivity contribution in [3.63, 3.8) is 0 Å². The van der Waals surface area contributed by atoms with Gasteiger partial charge in [0.2, 0.25) is 5.91 Å². The van der Waals surface area contributed by atoms with Crippen molar-refractivity contribution in [2.45, 2.75) is 26.3 Å². The van der Waals surface area contributed by atoms with E-state index in [4.69, 9.17) is 12.2 Å². The van der Waals surface area contributed by atoms with Gasteiger partial charge in [0, 0.05) is 25.6 Å². The highest BCUT2D eigenvalue weighted by atomic mass is 32.1. The Morgan fingerprint density at radius 3 is 2.84 bits per heavy atom. The first kappa shape index (κ1) is 18.9. The first-order valence-corrected chi connectivity index (χ1v) is 8.36. The van der Waals surface area contributed by atoms with E-state index < -0.39 is 0 Å². The molecule has 8 heteroatoms. The number of hydrogen-bond donors (Lipinski definition) is 1. The second-order valence-corrected chi connectivity index (χ2v) is 6.19. The number of amides is 1. The Balaban J connectivity index is 2.07. The summed E-state index contributed by atoms with van der Waals surface area (Å²) in [6.45, 7) is 2.56. The number of aryl methyl sites for hydroxylation is 1. The molecule has 0 aliphatic rings. The van der Waals surface area contributed by atoms with Crippen molar-refractivity contribution in [2.24, 2.45) is 0 Å². The van der Waals surface area contributed by atoms with E-state index in [2.05, 4.69) is 14.9 Å². The number of nitrogens with one attached hydrogen (secondary N) is 1. The third-order valence-electron chi connectivity index (χ3n) is 3.86. The van der Waals surface area contributed by atoms with E-state index in [1.165, 1.54) is 7.11 Å². The Hall–Kier alpha value is -2.48. The Kier molecular flexibility index (Phi) is 6.46. The summed E-state index contributed by atoms with van der Waals surface area (Å²) in [7, 11) is 3.06. The molecule has 1 aromatic carbocycles. The number of aromatic amines is 1. The lowest BCUT2D eigenvalue weighted by molar-refractivity contribution is -0.141. The first-order valence-electron chi connectivity index (χ1n) is 7.95. The number of likely N-dealkylation sites (N-methyl/N-ethyl adjacent to an activating group) is 1. The van der Waals surface area contributed by atoms with E-state index in [1.54, 1.807) is 16.5 Å². The van der Waals surface area contributed by atoms with Crippen LogP contribution in [0.1, 0.15) is 18.4 Å². The van der Waals surface area contributed by atoms with Crippen molar-refractivity contribution in [3.8, 4) is 11.4 Å². The lowest BCUT2D eigenvalue weighted by Crippen LogP contribution is -2.31. The average molecular weight is 362 g/mol. The fourth-order valence-electron chi connectivity index (χ4n) is 2.41. The Labute approximate surface area is 151 Å². The van der Waals surface area contributed by atoms with Crippen LogP contribution in [0.25, 0.3) is 11.4 Å². The normalized spacial score (nSPS) is 10.5. The van der Waals surface area contributed by atoms with Crippen LogP contribution in [0.15, 0.2) is 24.3 Å². The van der Waals surface area contributed by atoms with Crippen molar-refractivity contribution in [1.82, 2.24) is 19.7 Å². The number of carbonyl (C=O) groups excluding carboxylic acids is 2. The molecule has 134 valence electrons. The van der Waals surface area contributed by atoms with Crippen LogP contribution >= 0.6 is 12.2 Å². The molecular formula is C17H22N4O3S. The fraction of sp³-hybridized carbons (Fsp3) is 0.412. The van der Waals surface area contributed by atoms with E-state index in [1.807, 2.05) is 31.2 Å². The summed E-state index contributed by atoms with van der Waals surface area (Å²) in [6.07, 6.45) is 0.838. The summed E-state index contributed by atoms with van der Waals surface area (Å²) in [4.78, 5) is 25.2. The number of benzene rings is 1. The monoisotopic (exact) mass is 362 g/mol. The molecule has 0 bridgehead atoms. The summed E-state index contributed by atoms with van der Waals surface area (Å²) in [6, 6.07) is 7.85. The highest BCUT2D eigenvalue weighted by Gasteiger charge is 2.15. The van der Waals surface area contributed by atoms with Gasteiger partial charge in [-0.1, -0.05) is 23.8 Å². The van der Waals surface area contributed by atoms with Crippen LogP contribution in [0.3, 0.4) is 0 Å². The van der Waals surface area contributed by atoms with Crippen LogP contribution < -0.4 is 0 Å². The Bertz CT molecular complexity index is 812. The second kappa shape index (κ2) is 8.57. The molecule has 0 aliphatic carbocycles. The first-order chi connectivity index (χ1) is 11.9. The maximum atomic E-state index is 12.5. The molecule has 2 rings (SSSR count). The quantitative estimate of drug-likeness (QED) is 0.604. The zero-order chi connectivity index (χ0) is 18.4. The summed E-state index contributed by atoms with van der Waals surface area (Å²) in [5.41, 5.74) is 2.00. The topological polar surface area (TPSA) is 80.2 Å². The van der Waals surface area contributed by atoms with Gasteiger partial charge in [-0.3, -0.25) is 19.3 Å². The molecule has 0 radical (unpaired) electrons. The highest BCUT2D eigenvalue weighted by molar-refractivity contribution is 7.71. The molecule has 0 saturated heterocycles. The number of H-pyrrole nitrogens is 1. The minimum absolute atomic E-state index is 0.0906. The number of aromatic nitrogens is 3. The number of esters is 1. The molecule has 1 amide bonds. The van der Waals surface area contributed by atoms with Crippen LogP contribution in [-0.2, 0) is 20.9 Å². The van der Waals surface area contributed by atoms with Crippen molar-refractivity contribution in [3.05, 3.63) is 34.6 Å². The minimum Gasteiger partial charge on any atom is -0.469 e. The molecule has 1 aromatic heterocycles. The van der Waals surface area contributed by atoms with Gasteiger partial charge in [-0.2, -0.15) is 5.10 Å². The molecule has 25 heavy (non-hydrogen) atoms. The van der Waals surface area contributed by atoms with Gasteiger partial charge in [0.25, 0.3) is 0 Å². The highest BCUT2D eigenvalue weighted by Crippen LogP contribution is 2.18. The molecule has 2 aromatic rings. The van der Waals surface area contributed by atoms with Gasteiger partial charge in [0.1, 0.15) is 6.54 Å². The number of rotatable bonds is 7. The van der Waals surface area contributed by atoms with Gasteiger partial charge in [-0.25, -0.2) is 0 Å². The number of hydrogen-bond acceptors (Lipinski definition) is 5. The molecule has 0 saturated carbocycles. The fourth-order valence-corrected chi connectivity index (χ4v) is 2.61. The molecule has 1 N–H and O–H groups in total. The van der Waals surface area contributed by atoms with E-state index >= 15 is 0 Å². The lowest BCUT2D eigenvalue weighted by Gasteiger charge is -2.17. The molecule has 0 aliphatic heterocycles. The molecule has 7 nitrogen and oxygen atoms in total. The molecular weight excluding hydrogens is 340 g/mol. The van der Waals surface area contributed by atoms with Crippen molar-refractivity contribution in [1.29, 1.82) is 0 Å². The van der Waals surface area contributed by atoms with Crippen LogP contribution in [0.2, 0.25) is 0 Å². The molecule has 1 heterocycles. The summed E-state index contributed by atoms with van der Waals surface area (Å²) < 4.78 is 6.68. The summed E-state index contributed by atoms with van der Waals surface area (Å²) in [5.74, 6) is 0.251. The largest absolute Gasteiger partial charge is 0.469 e. The van der Waals surface area contributed by atoms with Crippen LogP contribution in [0.4, 0.5) is 0 Å². The Morgan fingerprint density at radius 2 is 2.16 bits per heavy atom. The number of ether oxygens (including phenoxy) is 1. The predicted molar refractivity (Wildman–Crippen MR) is 96.5 cm³/mol. The summed E-state index contributed by atoms with van der Waals surface area (Å²) >= 11 is 5.26. The van der Waals surface area contributed by atoms with E-state index in [0.29, 0.717) is 23.6 Å². The van der Waals surface area contributed by atoms with Crippen LogP contribution in [-0.4, -0.2) is 52.2 Å². The van der Waals surface area contributed by atoms with Gasteiger partial charge in [-0.15, -0.1) is 0 Å². The Morgan fingerprint density at radius 1 is 1.40 bits per heavy atom. The third kappa shape index (κ3) is 4.99. The SMILES string of the molecule is COC(=O)CCCN(C)C(=O)Cn1c(-c2cccc(C)c2)n[nH]c1=S. The second-order valence-electron chi connectivity index (χ2n) is 5.80. The van der Waals surface area contributed by atoms with Crippen LogP contribution in [0.5, 0.6) is 0 Å². The maximum absolute atomic E-state index is 12.5. The van der Waals surface area contributed by atoms with Crippen molar-refractivity contribution < 1.29 is 14.3 Å². The standard InChI is InChI=1S/C17H22N4O3S/c1-12-6-4-7-13(10-12)16-18-19-17(25)21(16)11-14(22)20(2)9-5-8-15(23)24-3/h4,6-7,10H,5,8-9,11H2,1-3H3,(H,19,25). The van der Waals surface area contributed by atoms with Gasteiger partial charge >= 0.3 is 5.97 Å². The van der Waals surface area contributed by atoms with E-state index in [9.17, 15) is 9.59 Å². The van der Waals surface area contributed by atoms with Crippen molar-refractivity contribution >= 4 is 24.1 Å². The summed E-state index contributed by atoms with van der Waals surface area (Å²) in [5, 5.41) is 7.00. The smallest absolute Gasteiger partial charge is 0.305 e. The van der Waals surface area contributed by atoms with Gasteiger partial charge in [0.05, 0.1) is 7.11 Å². The maximum Gasteiger partial charge on any atom is 0.305 e. The lowest BCUT2D eigenvalue weighted by atomic mass is 10.1. The minimum atomic E-state index is -0.278. The van der Waals surface area contributed by atoms with Gasteiger partial charge in [-0.05, 0) is 31.6 Å². The average Bonchev–Trinajstić information content (AvgIpc) is 2.95. The zero-order valence-corrected chi connectivity index (χ0v) is 15.4. The molecule has 0 atom stereocenters. The predicted octanol–water partition coefficient (Wildman–Crippen LogP) is 2.33. The van der Waals surface area contributed by atoms with Crippen LogP contribution in [0, 0.1) is 11.7 Å². The number of nitrogens with zero attached hydrogens (tertiary/aromatic N) is 3. The van der Waals surface area contributed by atoms with Crippen molar-refractivity contribution in [2.75, 3.05) is 20.7 Å². The molecule has 0 spiro atoms.